The van der Waals surface area contributed by atoms with E-state index in [4.69, 9.17) is 9.72 Å². The van der Waals surface area contributed by atoms with Gasteiger partial charge in [-0.25, -0.2) is 9.67 Å². The summed E-state index contributed by atoms with van der Waals surface area (Å²) in [5, 5.41) is 8.29. The van der Waals surface area contributed by atoms with Crippen LogP contribution in [0.5, 0.6) is 5.75 Å². The van der Waals surface area contributed by atoms with Crippen molar-refractivity contribution < 1.29 is 9.53 Å². The van der Waals surface area contributed by atoms with Crippen molar-refractivity contribution in [1.29, 1.82) is 0 Å². The van der Waals surface area contributed by atoms with E-state index in [0.29, 0.717) is 23.4 Å². The lowest BCUT2D eigenvalue weighted by atomic mass is 10.1. The number of pyridine rings is 2. The van der Waals surface area contributed by atoms with Crippen molar-refractivity contribution >= 4 is 16.9 Å². The van der Waals surface area contributed by atoms with Crippen LogP contribution in [0.3, 0.4) is 0 Å². The quantitative estimate of drug-likeness (QED) is 0.401. The van der Waals surface area contributed by atoms with E-state index in [2.05, 4.69) is 15.4 Å². The van der Waals surface area contributed by atoms with Crippen molar-refractivity contribution in [2.24, 2.45) is 0 Å². The standard InChI is InChI=1S/C27H31N5O2/c1-16(2)32-26-24(15-30-32)23(27(33)29-14-21-13-28-19(6)11-18(21)5)12-25(31-26)20-7-9-22(10-8-20)34-17(3)4/h7-13,15-17H,14H2,1-6H3,(H,29,33). The van der Waals surface area contributed by atoms with Crippen molar-refractivity contribution in [3.8, 4) is 17.0 Å². The van der Waals surface area contributed by atoms with Gasteiger partial charge in [0.1, 0.15) is 5.75 Å². The average Bonchev–Trinajstić information content (AvgIpc) is 3.22. The molecule has 0 radical (unpaired) electrons. The number of aromatic nitrogens is 4. The van der Waals surface area contributed by atoms with Gasteiger partial charge in [0.05, 0.1) is 28.9 Å². The summed E-state index contributed by atoms with van der Waals surface area (Å²) in [6.45, 7) is 12.5. The van der Waals surface area contributed by atoms with Crippen molar-refractivity contribution in [2.75, 3.05) is 0 Å². The van der Waals surface area contributed by atoms with Crippen molar-refractivity contribution in [3.05, 3.63) is 71.2 Å². The number of nitrogens with one attached hydrogen (secondary N) is 1. The van der Waals surface area contributed by atoms with Crippen LogP contribution in [-0.2, 0) is 6.54 Å². The average molecular weight is 458 g/mol. The van der Waals surface area contributed by atoms with Crippen LogP contribution in [0, 0.1) is 13.8 Å². The predicted octanol–water partition coefficient (Wildman–Crippen LogP) is 5.41. The molecule has 0 atom stereocenters. The van der Waals surface area contributed by atoms with Crippen LogP contribution in [0.25, 0.3) is 22.3 Å². The lowest BCUT2D eigenvalue weighted by Crippen LogP contribution is -2.24. The van der Waals surface area contributed by atoms with Crippen LogP contribution in [0.4, 0.5) is 0 Å². The fourth-order valence-electron chi connectivity index (χ4n) is 3.89. The molecule has 0 aliphatic rings. The minimum atomic E-state index is -0.170. The number of hydrogen-bond acceptors (Lipinski definition) is 5. The second-order valence-electron chi connectivity index (χ2n) is 9.10. The second kappa shape index (κ2) is 9.63. The third kappa shape index (κ3) is 4.93. The van der Waals surface area contributed by atoms with E-state index in [-0.39, 0.29) is 18.1 Å². The van der Waals surface area contributed by atoms with Crippen LogP contribution < -0.4 is 10.1 Å². The maximum atomic E-state index is 13.3. The Labute approximate surface area is 200 Å². The summed E-state index contributed by atoms with van der Waals surface area (Å²) < 4.78 is 7.61. The van der Waals surface area contributed by atoms with Crippen molar-refractivity contribution in [1.82, 2.24) is 25.1 Å². The van der Waals surface area contributed by atoms with E-state index in [9.17, 15) is 4.79 Å². The number of fused-ring (bicyclic) bond motifs is 1. The molecule has 7 nitrogen and oxygen atoms in total. The molecule has 3 heterocycles. The highest BCUT2D eigenvalue weighted by Crippen LogP contribution is 2.28. The van der Waals surface area contributed by atoms with Crippen LogP contribution in [-0.4, -0.2) is 31.8 Å². The van der Waals surface area contributed by atoms with Crippen molar-refractivity contribution in [2.45, 2.75) is 60.2 Å². The third-order valence-electron chi connectivity index (χ3n) is 5.62. The Bertz CT molecular complexity index is 1320. The zero-order chi connectivity index (χ0) is 24.4. The zero-order valence-electron chi connectivity index (χ0n) is 20.6. The maximum absolute atomic E-state index is 13.3. The molecule has 0 aliphatic carbocycles. The molecule has 0 saturated heterocycles. The number of nitrogens with zero attached hydrogens (tertiary/aromatic N) is 4. The Morgan fingerprint density at radius 3 is 2.44 bits per heavy atom. The fraction of sp³-hybridized carbons (Fsp3) is 0.333. The molecule has 0 saturated carbocycles. The molecule has 0 aliphatic heterocycles. The molecular weight excluding hydrogens is 426 g/mol. The topological polar surface area (TPSA) is 81.9 Å². The SMILES string of the molecule is Cc1cc(C)c(CNC(=O)c2cc(-c3ccc(OC(C)C)cc3)nc3c2cnn3C(C)C)cn1. The van der Waals surface area contributed by atoms with Gasteiger partial charge in [0.15, 0.2) is 5.65 Å². The summed E-state index contributed by atoms with van der Waals surface area (Å²) in [4.78, 5) is 22.6. The molecule has 1 aromatic carbocycles. The normalized spacial score (nSPS) is 11.4. The van der Waals surface area contributed by atoms with Gasteiger partial charge in [0.25, 0.3) is 5.91 Å². The van der Waals surface area contributed by atoms with E-state index < -0.39 is 0 Å². The molecule has 4 rings (SSSR count). The van der Waals surface area contributed by atoms with Gasteiger partial charge >= 0.3 is 0 Å². The van der Waals surface area contributed by atoms with Gasteiger partial charge in [-0.3, -0.25) is 9.78 Å². The number of ether oxygens (including phenoxy) is 1. The van der Waals surface area contributed by atoms with Gasteiger partial charge in [-0.05, 0) is 89.1 Å². The third-order valence-corrected chi connectivity index (χ3v) is 5.62. The highest BCUT2D eigenvalue weighted by molar-refractivity contribution is 6.06. The largest absolute Gasteiger partial charge is 0.491 e. The van der Waals surface area contributed by atoms with E-state index in [1.165, 1.54) is 0 Å². The second-order valence-corrected chi connectivity index (χ2v) is 9.10. The molecule has 176 valence electrons. The van der Waals surface area contributed by atoms with E-state index in [1.54, 1.807) is 6.20 Å². The number of benzene rings is 1. The molecule has 7 heteroatoms. The number of hydrogen-bond donors (Lipinski definition) is 1. The molecule has 1 N–H and O–H groups in total. The first kappa shape index (κ1) is 23.4. The van der Waals surface area contributed by atoms with Gasteiger partial charge in [-0.1, -0.05) is 0 Å². The molecular formula is C27H31N5O2. The summed E-state index contributed by atoms with van der Waals surface area (Å²) in [7, 11) is 0. The summed E-state index contributed by atoms with van der Waals surface area (Å²) in [5.74, 6) is 0.629. The molecule has 4 aromatic rings. The molecule has 0 bridgehead atoms. The van der Waals surface area contributed by atoms with Crippen molar-refractivity contribution in [3.63, 3.8) is 0 Å². The van der Waals surface area contributed by atoms with E-state index in [1.807, 2.05) is 88.8 Å². The smallest absolute Gasteiger partial charge is 0.252 e. The lowest BCUT2D eigenvalue weighted by Gasteiger charge is -2.13. The number of aryl methyl sites for hydroxylation is 2. The Morgan fingerprint density at radius 1 is 1.06 bits per heavy atom. The first-order chi connectivity index (χ1) is 16.2. The Hall–Kier alpha value is -3.74. The first-order valence-electron chi connectivity index (χ1n) is 11.6. The Morgan fingerprint density at radius 2 is 1.79 bits per heavy atom. The molecule has 0 unspecified atom stereocenters. The van der Waals surface area contributed by atoms with Crippen LogP contribution in [0.1, 0.15) is 60.9 Å². The van der Waals surface area contributed by atoms with E-state index >= 15 is 0 Å². The number of carbonyl (C=O) groups excluding carboxylic acids is 1. The summed E-state index contributed by atoms with van der Waals surface area (Å²) in [6, 6.07) is 11.7. The van der Waals surface area contributed by atoms with Gasteiger partial charge < -0.3 is 10.1 Å². The lowest BCUT2D eigenvalue weighted by molar-refractivity contribution is 0.0952. The van der Waals surface area contributed by atoms with Gasteiger partial charge in [0, 0.05) is 30.0 Å². The minimum Gasteiger partial charge on any atom is -0.491 e. The monoisotopic (exact) mass is 457 g/mol. The minimum absolute atomic E-state index is 0.100. The van der Waals surface area contributed by atoms with E-state index in [0.717, 1.165) is 33.5 Å². The number of rotatable bonds is 7. The zero-order valence-corrected chi connectivity index (χ0v) is 20.6. The number of amides is 1. The molecule has 0 spiro atoms. The predicted molar refractivity (Wildman–Crippen MR) is 134 cm³/mol. The van der Waals surface area contributed by atoms with Crippen LogP contribution in [0.15, 0.2) is 48.8 Å². The Balaban J connectivity index is 1.71. The summed E-state index contributed by atoms with van der Waals surface area (Å²) in [5.41, 5.74) is 5.90. The van der Waals surface area contributed by atoms with Gasteiger partial charge in [0.2, 0.25) is 0 Å². The molecule has 1 amide bonds. The van der Waals surface area contributed by atoms with Crippen LogP contribution in [0.2, 0.25) is 0 Å². The highest BCUT2D eigenvalue weighted by Gasteiger charge is 2.19. The van der Waals surface area contributed by atoms with Gasteiger partial charge in [-0.2, -0.15) is 5.10 Å². The molecule has 0 fully saturated rings. The fourth-order valence-corrected chi connectivity index (χ4v) is 3.89. The summed E-state index contributed by atoms with van der Waals surface area (Å²) >= 11 is 0. The maximum Gasteiger partial charge on any atom is 0.252 e. The molecule has 34 heavy (non-hydrogen) atoms. The summed E-state index contributed by atoms with van der Waals surface area (Å²) in [6.07, 6.45) is 3.64. The number of carbonyl (C=O) groups is 1. The highest BCUT2D eigenvalue weighted by atomic mass is 16.5. The first-order valence-corrected chi connectivity index (χ1v) is 11.6. The molecule has 3 aromatic heterocycles. The van der Waals surface area contributed by atoms with Crippen LogP contribution >= 0.6 is 0 Å². The van der Waals surface area contributed by atoms with Gasteiger partial charge in [-0.15, -0.1) is 0 Å². The Kier molecular flexibility index (Phi) is 6.63.